The lowest BCUT2D eigenvalue weighted by atomic mass is 10.1. The Balaban J connectivity index is 1.45. The van der Waals surface area contributed by atoms with Crippen LogP contribution in [0, 0.1) is 0 Å². The molecule has 0 bridgehead atoms. The second-order valence-electron chi connectivity index (χ2n) is 7.84. The van der Waals surface area contributed by atoms with Gasteiger partial charge in [-0.2, -0.15) is 13.8 Å². The average molecular weight is 466 g/mol. The Kier molecular flexibility index (Phi) is 6.54. The van der Waals surface area contributed by atoms with Crippen LogP contribution >= 0.6 is 0 Å². The molecular formula is C21H25F2N5O3S. The highest BCUT2D eigenvalue weighted by Crippen LogP contribution is 2.25. The maximum atomic E-state index is 13.1. The van der Waals surface area contributed by atoms with Crippen molar-refractivity contribution >= 4 is 27.5 Å². The van der Waals surface area contributed by atoms with Gasteiger partial charge in [0.1, 0.15) is 5.82 Å². The predicted octanol–water partition coefficient (Wildman–Crippen LogP) is 2.43. The Morgan fingerprint density at radius 2 is 1.59 bits per heavy atom. The number of halogens is 2. The van der Waals surface area contributed by atoms with E-state index in [2.05, 4.69) is 14.9 Å². The number of amides is 1. The number of carbonyl (C=O) groups excluding carboxylic acids is 1. The van der Waals surface area contributed by atoms with Crippen molar-refractivity contribution in [3.05, 3.63) is 42.1 Å². The molecule has 3 heterocycles. The van der Waals surface area contributed by atoms with Gasteiger partial charge in [-0.25, -0.2) is 13.4 Å². The van der Waals surface area contributed by atoms with Crippen LogP contribution in [-0.2, 0) is 9.84 Å². The van der Waals surface area contributed by atoms with Crippen LogP contribution in [0.3, 0.4) is 0 Å². The highest BCUT2D eigenvalue weighted by atomic mass is 32.2. The van der Waals surface area contributed by atoms with Crippen LogP contribution in [-0.4, -0.2) is 74.2 Å². The second kappa shape index (κ2) is 9.35. The van der Waals surface area contributed by atoms with Gasteiger partial charge in [0.25, 0.3) is 5.91 Å². The molecule has 0 atom stereocenters. The van der Waals surface area contributed by atoms with E-state index in [0.29, 0.717) is 32.1 Å². The van der Waals surface area contributed by atoms with Crippen molar-refractivity contribution in [2.45, 2.75) is 29.9 Å². The first-order valence-electron chi connectivity index (χ1n) is 10.6. The van der Waals surface area contributed by atoms with Gasteiger partial charge in [-0.1, -0.05) is 12.1 Å². The maximum Gasteiger partial charge on any atom is 0.341 e. The Morgan fingerprint density at radius 1 is 0.906 bits per heavy atom. The zero-order chi connectivity index (χ0) is 22.7. The first kappa shape index (κ1) is 22.4. The fourth-order valence-electron chi connectivity index (χ4n) is 4.06. The molecule has 1 amide bonds. The van der Waals surface area contributed by atoms with Crippen LogP contribution in [0.4, 0.5) is 20.5 Å². The van der Waals surface area contributed by atoms with Crippen molar-refractivity contribution in [2.75, 3.05) is 49.1 Å². The molecule has 1 aromatic heterocycles. The summed E-state index contributed by atoms with van der Waals surface area (Å²) in [5, 5.41) is 0. The van der Waals surface area contributed by atoms with Crippen molar-refractivity contribution in [1.82, 2.24) is 14.9 Å². The van der Waals surface area contributed by atoms with Crippen molar-refractivity contribution in [3.63, 3.8) is 0 Å². The summed E-state index contributed by atoms with van der Waals surface area (Å²) in [5.74, 6) is -2.68. The molecule has 2 fully saturated rings. The largest absolute Gasteiger partial charge is 0.353 e. The summed E-state index contributed by atoms with van der Waals surface area (Å²) in [5.41, 5.74) is -0.226. The molecule has 1 aromatic carbocycles. The van der Waals surface area contributed by atoms with Crippen molar-refractivity contribution in [1.29, 1.82) is 0 Å². The Hall–Kier alpha value is -2.82. The minimum Gasteiger partial charge on any atom is -0.353 e. The lowest BCUT2D eigenvalue weighted by Gasteiger charge is -2.36. The van der Waals surface area contributed by atoms with E-state index in [-0.39, 0.29) is 5.56 Å². The maximum absolute atomic E-state index is 13.1. The molecule has 2 aliphatic heterocycles. The van der Waals surface area contributed by atoms with Gasteiger partial charge in [0.2, 0.25) is 15.8 Å². The normalized spacial score (nSPS) is 17.7. The Labute approximate surface area is 185 Å². The number of aromatic nitrogens is 2. The van der Waals surface area contributed by atoms with Crippen molar-refractivity contribution < 1.29 is 22.0 Å². The summed E-state index contributed by atoms with van der Waals surface area (Å²) in [6.07, 6.45) is 5.19. The molecule has 4 rings (SSSR count). The lowest BCUT2D eigenvalue weighted by molar-refractivity contribution is 0.0742. The van der Waals surface area contributed by atoms with Crippen LogP contribution in [0.1, 0.15) is 29.6 Å². The molecule has 0 radical (unpaired) electrons. The lowest BCUT2D eigenvalue weighted by Crippen LogP contribution is -2.49. The average Bonchev–Trinajstić information content (AvgIpc) is 2.84. The van der Waals surface area contributed by atoms with Gasteiger partial charge in [0.15, 0.2) is 0 Å². The number of nitrogens with zero attached hydrogens (tertiary/aromatic N) is 5. The fourth-order valence-corrected chi connectivity index (χ4v) is 4.98. The van der Waals surface area contributed by atoms with E-state index in [4.69, 9.17) is 0 Å². The molecule has 0 spiro atoms. The molecule has 2 saturated heterocycles. The molecular weight excluding hydrogens is 440 g/mol. The van der Waals surface area contributed by atoms with E-state index >= 15 is 0 Å². The molecule has 32 heavy (non-hydrogen) atoms. The van der Waals surface area contributed by atoms with Gasteiger partial charge in [0.05, 0.1) is 10.5 Å². The zero-order valence-electron chi connectivity index (χ0n) is 17.5. The first-order valence-corrected chi connectivity index (χ1v) is 12.2. The smallest absolute Gasteiger partial charge is 0.341 e. The summed E-state index contributed by atoms with van der Waals surface area (Å²) in [4.78, 5) is 27.1. The molecule has 0 unspecified atom stereocenters. The minimum absolute atomic E-state index is 0.226. The number of alkyl halides is 2. The molecule has 0 aliphatic carbocycles. The molecule has 0 saturated carbocycles. The van der Waals surface area contributed by atoms with E-state index in [9.17, 15) is 22.0 Å². The third-order valence-electron chi connectivity index (χ3n) is 5.82. The van der Waals surface area contributed by atoms with Gasteiger partial charge in [-0.3, -0.25) is 4.79 Å². The van der Waals surface area contributed by atoms with E-state index in [1.54, 1.807) is 6.20 Å². The quantitative estimate of drug-likeness (QED) is 0.670. The zero-order valence-corrected chi connectivity index (χ0v) is 18.3. The van der Waals surface area contributed by atoms with E-state index in [1.165, 1.54) is 29.5 Å². The SMILES string of the molecule is O=C(c1ccccc1S(=O)(=O)C(F)F)N1CCN(c2ccnc(N3CCCCC3)n2)CC1. The van der Waals surface area contributed by atoms with Crippen LogP contribution in [0.25, 0.3) is 0 Å². The number of anilines is 2. The van der Waals surface area contributed by atoms with Gasteiger partial charge in [0, 0.05) is 45.5 Å². The summed E-state index contributed by atoms with van der Waals surface area (Å²) < 4.78 is 50.1. The summed E-state index contributed by atoms with van der Waals surface area (Å²) in [7, 11) is -4.87. The molecule has 2 aliphatic rings. The molecule has 2 aromatic rings. The number of hydrogen-bond donors (Lipinski definition) is 0. The molecule has 11 heteroatoms. The van der Waals surface area contributed by atoms with Crippen molar-refractivity contribution in [3.8, 4) is 0 Å². The number of benzene rings is 1. The van der Waals surface area contributed by atoms with Crippen molar-refractivity contribution in [2.24, 2.45) is 0 Å². The molecule has 8 nitrogen and oxygen atoms in total. The highest BCUT2D eigenvalue weighted by molar-refractivity contribution is 7.91. The number of hydrogen-bond acceptors (Lipinski definition) is 7. The second-order valence-corrected chi connectivity index (χ2v) is 9.73. The summed E-state index contributed by atoms with van der Waals surface area (Å²) in [6, 6.07) is 6.96. The van der Waals surface area contributed by atoms with Crippen LogP contribution in [0.15, 0.2) is 41.4 Å². The van der Waals surface area contributed by atoms with Gasteiger partial charge >= 0.3 is 5.76 Å². The van der Waals surface area contributed by atoms with E-state index in [1.807, 2.05) is 11.0 Å². The van der Waals surface area contributed by atoms with Crippen LogP contribution in [0.2, 0.25) is 0 Å². The minimum atomic E-state index is -4.87. The Morgan fingerprint density at radius 3 is 2.28 bits per heavy atom. The summed E-state index contributed by atoms with van der Waals surface area (Å²) in [6.45, 7) is 3.51. The molecule has 0 N–H and O–H groups in total. The monoisotopic (exact) mass is 465 g/mol. The topological polar surface area (TPSA) is 86.7 Å². The van der Waals surface area contributed by atoms with Gasteiger partial charge < -0.3 is 14.7 Å². The number of piperazine rings is 1. The third-order valence-corrected chi connectivity index (χ3v) is 7.25. The van der Waals surface area contributed by atoms with Gasteiger partial charge in [-0.05, 0) is 37.5 Å². The first-order chi connectivity index (χ1) is 15.4. The highest BCUT2D eigenvalue weighted by Gasteiger charge is 2.33. The van der Waals surface area contributed by atoms with E-state index in [0.717, 1.165) is 37.8 Å². The Bertz CT molecular complexity index is 1070. The van der Waals surface area contributed by atoms with Crippen LogP contribution < -0.4 is 9.80 Å². The standard InChI is InChI=1S/C21H25F2N5O3S/c22-20(23)32(30,31)17-7-3-2-6-16(17)19(29)27-14-12-26(13-15-27)18-8-9-24-21(25-18)28-10-4-1-5-11-28/h2-3,6-9,20H,1,4-5,10-15H2. The predicted molar refractivity (Wildman–Crippen MR) is 116 cm³/mol. The number of rotatable bonds is 5. The third kappa shape index (κ3) is 4.52. The number of carbonyl (C=O) groups is 1. The fraction of sp³-hybridized carbons (Fsp3) is 0.476. The number of sulfone groups is 1. The van der Waals surface area contributed by atoms with Gasteiger partial charge in [-0.15, -0.1) is 0 Å². The molecule has 172 valence electrons. The van der Waals surface area contributed by atoms with E-state index < -0.39 is 26.4 Å². The number of piperidine rings is 1. The summed E-state index contributed by atoms with van der Waals surface area (Å²) >= 11 is 0. The van der Waals surface area contributed by atoms with Crippen LogP contribution in [0.5, 0.6) is 0 Å².